The van der Waals surface area contributed by atoms with E-state index in [2.05, 4.69) is 26.1 Å². The molecule has 3 N–H and O–H groups in total. The van der Waals surface area contributed by atoms with E-state index < -0.39 is 0 Å². The van der Waals surface area contributed by atoms with Crippen molar-refractivity contribution in [3.63, 3.8) is 0 Å². The minimum atomic E-state index is -0.284. The lowest BCUT2D eigenvalue weighted by atomic mass is 9.74. The molecular weight excluding hydrogens is 252 g/mol. The van der Waals surface area contributed by atoms with Crippen LogP contribution in [0.2, 0.25) is 0 Å². The zero-order chi connectivity index (χ0) is 14.7. The third-order valence-electron chi connectivity index (χ3n) is 5.01. The maximum atomic E-state index is 12.4. The minimum Gasteiger partial charge on any atom is -0.364 e. The van der Waals surface area contributed by atoms with Gasteiger partial charge in [-0.15, -0.1) is 0 Å². The third-order valence-corrected chi connectivity index (χ3v) is 5.01. The summed E-state index contributed by atoms with van der Waals surface area (Å²) in [6.07, 6.45) is 5.10. The molecule has 116 valence electrons. The van der Waals surface area contributed by atoms with Gasteiger partial charge in [0, 0.05) is 12.6 Å². The van der Waals surface area contributed by atoms with Crippen molar-refractivity contribution in [3.05, 3.63) is 0 Å². The van der Waals surface area contributed by atoms with Crippen molar-refractivity contribution in [2.24, 2.45) is 23.5 Å². The van der Waals surface area contributed by atoms with Crippen molar-refractivity contribution in [1.82, 2.24) is 5.32 Å². The largest absolute Gasteiger partial charge is 0.364 e. The molecular formula is C16H30N2O2. The average molecular weight is 282 g/mol. The molecule has 0 aromatic carbocycles. The van der Waals surface area contributed by atoms with Crippen molar-refractivity contribution in [3.8, 4) is 0 Å². The van der Waals surface area contributed by atoms with E-state index in [9.17, 15) is 4.79 Å². The van der Waals surface area contributed by atoms with Crippen LogP contribution >= 0.6 is 0 Å². The average Bonchev–Trinajstić information content (AvgIpc) is 2.87. The first kappa shape index (κ1) is 15.8. The van der Waals surface area contributed by atoms with E-state index >= 15 is 0 Å². The van der Waals surface area contributed by atoms with Crippen LogP contribution in [-0.2, 0) is 9.53 Å². The Labute approximate surface area is 122 Å². The Morgan fingerprint density at radius 1 is 1.30 bits per heavy atom. The number of carbonyl (C=O) groups is 1. The normalized spacial score (nSPS) is 38.1. The van der Waals surface area contributed by atoms with Gasteiger partial charge in [-0.2, -0.15) is 0 Å². The molecule has 3 unspecified atom stereocenters. The van der Waals surface area contributed by atoms with Gasteiger partial charge in [0.25, 0.3) is 0 Å². The number of nitrogens with two attached hydrogens (primary N) is 1. The second-order valence-corrected chi connectivity index (χ2v) is 7.00. The van der Waals surface area contributed by atoms with E-state index in [1.807, 2.05) is 0 Å². The molecule has 0 aromatic heterocycles. The Balaban J connectivity index is 1.91. The number of carbonyl (C=O) groups excluding carboxylic acids is 1. The van der Waals surface area contributed by atoms with E-state index in [-0.39, 0.29) is 18.1 Å². The number of amides is 1. The molecule has 1 saturated heterocycles. The van der Waals surface area contributed by atoms with Crippen molar-refractivity contribution in [2.45, 2.75) is 71.1 Å². The lowest BCUT2D eigenvalue weighted by Crippen LogP contribution is -2.48. The third kappa shape index (κ3) is 3.73. The Kier molecular flexibility index (Phi) is 5.44. The summed E-state index contributed by atoms with van der Waals surface area (Å²) in [6.45, 7) is 7.32. The van der Waals surface area contributed by atoms with Crippen LogP contribution in [-0.4, -0.2) is 30.7 Å². The number of nitrogens with one attached hydrogen (secondary N) is 1. The molecule has 1 aliphatic heterocycles. The molecule has 0 spiro atoms. The predicted molar refractivity (Wildman–Crippen MR) is 80.2 cm³/mol. The number of hydrogen-bond acceptors (Lipinski definition) is 3. The molecule has 2 aliphatic rings. The maximum Gasteiger partial charge on any atom is 0.249 e. The highest BCUT2D eigenvalue weighted by Gasteiger charge is 2.35. The summed E-state index contributed by atoms with van der Waals surface area (Å²) in [7, 11) is 0. The van der Waals surface area contributed by atoms with E-state index in [1.165, 1.54) is 12.8 Å². The SMILES string of the molecule is CC1CCC(C(C)C)C(NC(=O)[C@@H]2CC[C@H](CN)O2)C1. The summed E-state index contributed by atoms with van der Waals surface area (Å²) < 4.78 is 5.70. The van der Waals surface area contributed by atoms with Gasteiger partial charge in [0.05, 0.1) is 6.10 Å². The van der Waals surface area contributed by atoms with Crippen molar-refractivity contribution in [1.29, 1.82) is 0 Å². The van der Waals surface area contributed by atoms with Gasteiger partial charge in [0.2, 0.25) is 5.91 Å². The molecule has 4 heteroatoms. The molecule has 4 nitrogen and oxygen atoms in total. The second-order valence-electron chi connectivity index (χ2n) is 7.00. The fourth-order valence-electron chi connectivity index (χ4n) is 3.72. The molecule has 20 heavy (non-hydrogen) atoms. The van der Waals surface area contributed by atoms with E-state index in [0.717, 1.165) is 19.3 Å². The summed E-state index contributed by atoms with van der Waals surface area (Å²) in [4.78, 5) is 12.4. The summed E-state index contributed by atoms with van der Waals surface area (Å²) in [5.74, 6) is 2.00. The van der Waals surface area contributed by atoms with Crippen molar-refractivity contribution < 1.29 is 9.53 Å². The molecule has 1 amide bonds. The van der Waals surface area contributed by atoms with Crippen LogP contribution in [0.1, 0.15) is 52.9 Å². The Bertz CT molecular complexity index is 332. The fraction of sp³-hybridized carbons (Fsp3) is 0.938. The van der Waals surface area contributed by atoms with Gasteiger partial charge < -0.3 is 15.8 Å². The molecule has 2 fully saturated rings. The monoisotopic (exact) mass is 282 g/mol. The van der Waals surface area contributed by atoms with Gasteiger partial charge in [0.15, 0.2) is 0 Å². The van der Waals surface area contributed by atoms with Crippen LogP contribution in [0.4, 0.5) is 0 Å². The summed E-state index contributed by atoms with van der Waals surface area (Å²) in [5, 5.41) is 3.26. The quantitative estimate of drug-likeness (QED) is 0.829. The van der Waals surface area contributed by atoms with E-state index in [1.54, 1.807) is 0 Å². The van der Waals surface area contributed by atoms with Gasteiger partial charge in [-0.05, 0) is 43.4 Å². The zero-order valence-corrected chi connectivity index (χ0v) is 13.1. The fourth-order valence-corrected chi connectivity index (χ4v) is 3.72. The highest BCUT2D eigenvalue weighted by atomic mass is 16.5. The minimum absolute atomic E-state index is 0.0666. The molecule has 5 atom stereocenters. The van der Waals surface area contributed by atoms with Crippen LogP contribution in [0.5, 0.6) is 0 Å². The summed E-state index contributed by atoms with van der Waals surface area (Å²) in [5.41, 5.74) is 5.60. The standard InChI is InChI=1S/C16H30N2O2/c1-10(2)13-6-4-11(3)8-14(13)18-16(19)15-7-5-12(9-17)20-15/h10-15H,4-9,17H2,1-3H3,(H,18,19)/t11?,12-,13?,14?,15+/m1/s1. The molecule has 1 saturated carbocycles. The molecule has 0 radical (unpaired) electrons. The lowest BCUT2D eigenvalue weighted by Gasteiger charge is -2.38. The Morgan fingerprint density at radius 3 is 2.65 bits per heavy atom. The van der Waals surface area contributed by atoms with E-state index in [4.69, 9.17) is 10.5 Å². The molecule has 0 bridgehead atoms. The summed E-state index contributed by atoms with van der Waals surface area (Å²) in [6, 6.07) is 0.312. The van der Waals surface area contributed by atoms with Crippen LogP contribution in [0.15, 0.2) is 0 Å². The molecule has 0 aromatic rings. The smallest absolute Gasteiger partial charge is 0.249 e. The predicted octanol–water partition coefficient (Wildman–Crippen LogP) is 2.07. The number of ether oxygens (including phenoxy) is 1. The molecule has 1 heterocycles. The maximum absolute atomic E-state index is 12.4. The highest BCUT2D eigenvalue weighted by molar-refractivity contribution is 5.81. The highest BCUT2D eigenvalue weighted by Crippen LogP contribution is 2.33. The van der Waals surface area contributed by atoms with Crippen LogP contribution in [0.3, 0.4) is 0 Å². The molecule has 1 aliphatic carbocycles. The number of rotatable bonds is 4. The number of hydrogen-bond donors (Lipinski definition) is 2. The lowest BCUT2D eigenvalue weighted by molar-refractivity contribution is -0.133. The van der Waals surface area contributed by atoms with E-state index in [0.29, 0.717) is 30.3 Å². The van der Waals surface area contributed by atoms with Crippen LogP contribution in [0, 0.1) is 17.8 Å². The van der Waals surface area contributed by atoms with Crippen molar-refractivity contribution in [2.75, 3.05) is 6.54 Å². The van der Waals surface area contributed by atoms with Gasteiger partial charge in [-0.1, -0.05) is 27.2 Å². The van der Waals surface area contributed by atoms with Crippen molar-refractivity contribution >= 4 is 5.91 Å². The summed E-state index contributed by atoms with van der Waals surface area (Å²) >= 11 is 0. The van der Waals surface area contributed by atoms with Gasteiger partial charge in [-0.3, -0.25) is 4.79 Å². The Morgan fingerprint density at radius 2 is 2.05 bits per heavy atom. The topological polar surface area (TPSA) is 64.4 Å². The first-order valence-electron chi connectivity index (χ1n) is 8.17. The zero-order valence-electron chi connectivity index (χ0n) is 13.1. The first-order chi connectivity index (χ1) is 9.51. The van der Waals surface area contributed by atoms with Gasteiger partial charge in [0.1, 0.15) is 6.10 Å². The van der Waals surface area contributed by atoms with Crippen LogP contribution in [0.25, 0.3) is 0 Å². The Hall–Kier alpha value is -0.610. The second kappa shape index (κ2) is 6.90. The first-order valence-corrected chi connectivity index (χ1v) is 8.17. The van der Waals surface area contributed by atoms with Gasteiger partial charge in [-0.25, -0.2) is 0 Å². The van der Waals surface area contributed by atoms with Crippen LogP contribution < -0.4 is 11.1 Å². The van der Waals surface area contributed by atoms with Gasteiger partial charge >= 0.3 is 0 Å². The molecule has 2 rings (SSSR count).